The molecule has 0 atom stereocenters. The number of hydrogen-bond acceptors (Lipinski definition) is 2. The summed E-state index contributed by atoms with van der Waals surface area (Å²) >= 11 is 0. The Kier molecular flexibility index (Phi) is 8.23. The van der Waals surface area contributed by atoms with Crippen LogP contribution in [0.3, 0.4) is 0 Å². The first-order chi connectivity index (χ1) is 8.84. The van der Waals surface area contributed by atoms with E-state index < -0.39 is 0 Å². The number of unbranched alkanes of at least 4 members (excludes halogenated alkanes) is 2. The third-order valence-electron chi connectivity index (χ3n) is 3.03. The van der Waals surface area contributed by atoms with Gasteiger partial charge in [0.25, 0.3) is 0 Å². The highest BCUT2D eigenvalue weighted by molar-refractivity contribution is 5.44. The molecule has 102 valence electrons. The molecule has 0 bridgehead atoms. The van der Waals surface area contributed by atoms with Crippen LogP contribution in [0.1, 0.15) is 25.7 Å². The number of para-hydroxylation sites is 1. The van der Waals surface area contributed by atoms with Crippen LogP contribution in [0.4, 0.5) is 10.1 Å². The van der Waals surface area contributed by atoms with E-state index in [1.54, 1.807) is 0 Å². The van der Waals surface area contributed by atoms with Gasteiger partial charge in [0.2, 0.25) is 0 Å². The van der Waals surface area contributed by atoms with Gasteiger partial charge in [-0.3, -0.25) is 4.39 Å². The number of hydrogen-bond donors (Lipinski definition) is 1. The molecule has 1 rings (SSSR count). The number of benzene rings is 1. The molecule has 0 aliphatic carbocycles. The van der Waals surface area contributed by atoms with Crippen LogP contribution in [-0.2, 0) is 0 Å². The summed E-state index contributed by atoms with van der Waals surface area (Å²) in [5.74, 6) is 0. The first kappa shape index (κ1) is 15.0. The first-order valence-corrected chi connectivity index (χ1v) is 6.87. The van der Waals surface area contributed by atoms with Gasteiger partial charge in [-0.1, -0.05) is 18.2 Å². The molecule has 0 aliphatic heterocycles. The van der Waals surface area contributed by atoms with Gasteiger partial charge < -0.3 is 10.2 Å². The minimum Gasteiger partial charge on any atom is -0.375 e. The van der Waals surface area contributed by atoms with Crippen LogP contribution in [0, 0.1) is 0 Å². The zero-order chi connectivity index (χ0) is 13.1. The zero-order valence-corrected chi connectivity index (χ0v) is 11.4. The van der Waals surface area contributed by atoms with Crippen molar-refractivity contribution in [1.82, 2.24) is 5.32 Å². The van der Waals surface area contributed by atoms with Crippen molar-refractivity contribution in [1.29, 1.82) is 0 Å². The summed E-state index contributed by atoms with van der Waals surface area (Å²) in [6.07, 6.45) is 3.92. The summed E-state index contributed by atoms with van der Waals surface area (Å²) in [7, 11) is 2.12. The Morgan fingerprint density at radius 3 is 2.44 bits per heavy atom. The first-order valence-electron chi connectivity index (χ1n) is 6.87. The Bertz CT molecular complexity index is 290. The molecule has 0 saturated carbocycles. The minimum absolute atomic E-state index is 0.179. The van der Waals surface area contributed by atoms with Crippen molar-refractivity contribution in [3.05, 3.63) is 30.3 Å². The third-order valence-corrected chi connectivity index (χ3v) is 3.03. The fraction of sp³-hybridized carbons (Fsp3) is 0.600. The number of nitrogens with one attached hydrogen (secondary N) is 1. The maximum absolute atomic E-state index is 11.8. The van der Waals surface area contributed by atoms with Crippen molar-refractivity contribution >= 4 is 5.69 Å². The van der Waals surface area contributed by atoms with Crippen molar-refractivity contribution in [3.63, 3.8) is 0 Å². The summed E-state index contributed by atoms with van der Waals surface area (Å²) in [5.41, 5.74) is 1.26. The van der Waals surface area contributed by atoms with Gasteiger partial charge in [0.05, 0.1) is 6.67 Å². The highest BCUT2D eigenvalue weighted by Crippen LogP contribution is 2.10. The molecular weight excluding hydrogens is 227 g/mol. The van der Waals surface area contributed by atoms with Crippen LogP contribution in [-0.4, -0.2) is 33.4 Å². The van der Waals surface area contributed by atoms with Crippen LogP contribution >= 0.6 is 0 Å². The van der Waals surface area contributed by atoms with Crippen molar-refractivity contribution in [2.24, 2.45) is 0 Å². The second kappa shape index (κ2) is 9.89. The molecule has 0 radical (unpaired) electrons. The van der Waals surface area contributed by atoms with Gasteiger partial charge in [0, 0.05) is 19.3 Å². The zero-order valence-electron chi connectivity index (χ0n) is 11.4. The molecule has 1 aromatic rings. The van der Waals surface area contributed by atoms with Crippen molar-refractivity contribution < 1.29 is 4.39 Å². The van der Waals surface area contributed by atoms with Gasteiger partial charge in [0.1, 0.15) is 0 Å². The largest absolute Gasteiger partial charge is 0.375 e. The third kappa shape index (κ3) is 6.60. The average molecular weight is 252 g/mol. The normalized spacial score (nSPS) is 10.6. The molecule has 18 heavy (non-hydrogen) atoms. The lowest BCUT2D eigenvalue weighted by molar-refractivity contribution is 0.452. The van der Waals surface area contributed by atoms with Crippen LogP contribution in [0.2, 0.25) is 0 Å². The van der Waals surface area contributed by atoms with Gasteiger partial charge in [0.15, 0.2) is 0 Å². The molecule has 0 aliphatic rings. The van der Waals surface area contributed by atoms with E-state index in [1.165, 1.54) is 5.69 Å². The predicted molar refractivity (Wildman–Crippen MR) is 77.0 cm³/mol. The number of nitrogens with zero attached hydrogens (tertiary/aromatic N) is 1. The number of alkyl halides is 1. The van der Waals surface area contributed by atoms with E-state index in [0.717, 1.165) is 38.9 Å². The van der Waals surface area contributed by atoms with E-state index in [0.29, 0.717) is 6.42 Å². The second-order valence-electron chi connectivity index (χ2n) is 4.61. The van der Waals surface area contributed by atoms with E-state index in [4.69, 9.17) is 0 Å². The lowest BCUT2D eigenvalue weighted by Crippen LogP contribution is -2.24. The predicted octanol–water partition coefficient (Wildman–Crippen LogP) is 3.24. The Labute approximate surface area is 110 Å². The summed E-state index contributed by atoms with van der Waals surface area (Å²) < 4.78 is 11.8. The van der Waals surface area contributed by atoms with E-state index in [9.17, 15) is 4.39 Å². The fourth-order valence-electron chi connectivity index (χ4n) is 1.90. The molecule has 0 amide bonds. The fourth-order valence-corrected chi connectivity index (χ4v) is 1.90. The molecule has 0 spiro atoms. The molecular formula is C15H25FN2. The van der Waals surface area contributed by atoms with E-state index in [-0.39, 0.29) is 6.67 Å². The summed E-state index contributed by atoms with van der Waals surface area (Å²) in [6.45, 7) is 2.92. The second-order valence-corrected chi connectivity index (χ2v) is 4.61. The van der Waals surface area contributed by atoms with Crippen molar-refractivity contribution in [3.8, 4) is 0 Å². The molecule has 2 nitrogen and oxygen atoms in total. The van der Waals surface area contributed by atoms with Gasteiger partial charge in [-0.25, -0.2) is 0 Å². The maximum atomic E-state index is 11.8. The molecule has 0 fully saturated rings. The highest BCUT2D eigenvalue weighted by Gasteiger charge is 1.98. The summed E-state index contributed by atoms with van der Waals surface area (Å²) in [5, 5.41) is 3.40. The SMILES string of the molecule is CN(CCCNCCCCCF)c1ccccc1. The van der Waals surface area contributed by atoms with Gasteiger partial charge in [-0.15, -0.1) is 0 Å². The van der Waals surface area contributed by atoms with Gasteiger partial charge in [-0.05, 0) is 50.9 Å². The number of halogens is 1. The van der Waals surface area contributed by atoms with Crippen LogP contribution in [0.15, 0.2) is 30.3 Å². The average Bonchev–Trinajstić information content (AvgIpc) is 2.42. The van der Waals surface area contributed by atoms with E-state index >= 15 is 0 Å². The van der Waals surface area contributed by atoms with Crippen LogP contribution in [0.5, 0.6) is 0 Å². The van der Waals surface area contributed by atoms with E-state index in [1.807, 2.05) is 6.07 Å². The molecule has 0 aromatic heterocycles. The van der Waals surface area contributed by atoms with Gasteiger partial charge in [-0.2, -0.15) is 0 Å². The van der Waals surface area contributed by atoms with Crippen molar-refractivity contribution in [2.75, 3.05) is 38.3 Å². The van der Waals surface area contributed by atoms with Gasteiger partial charge >= 0.3 is 0 Å². The summed E-state index contributed by atoms with van der Waals surface area (Å²) in [6, 6.07) is 10.4. The Morgan fingerprint density at radius 2 is 1.72 bits per heavy atom. The quantitative estimate of drug-likeness (QED) is 0.643. The standard InChI is InChI=1S/C15H25FN2/c1-18(15-9-4-2-5-10-15)14-8-13-17-12-7-3-6-11-16/h2,4-5,9-10,17H,3,6-8,11-14H2,1H3. The lowest BCUT2D eigenvalue weighted by Gasteiger charge is -2.19. The molecule has 0 unspecified atom stereocenters. The Balaban J connectivity index is 1.98. The molecule has 0 saturated heterocycles. The molecule has 1 N–H and O–H groups in total. The van der Waals surface area contributed by atoms with E-state index in [2.05, 4.69) is 41.5 Å². The minimum atomic E-state index is -0.179. The molecule has 0 heterocycles. The number of rotatable bonds is 10. The maximum Gasteiger partial charge on any atom is 0.0894 e. The Morgan fingerprint density at radius 1 is 1.00 bits per heavy atom. The molecule has 3 heteroatoms. The smallest absolute Gasteiger partial charge is 0.0894 e. The Hall–Kier alpha value is -1.09. The van der Waals surface area contributed by atoms with Crippen LogP contribution < -0.4 is 10.2 Å². The van der Waals surface area contributed by atoms with Crippen LogP contribution in [0.25, 0.3) is 0 Å². The topological polar surface area (TPSA) is 15.3 Å². The molecule has 1 aromatic carbocycles. The summed E-state index contributed by atoms with van der Waals surface area (Å²) in [4.78, 5) is 2.27. The monoisotopic (exact) mass is 252 g/mol. The lowest BCUT2D eigenvalue weighted by atomic mass is 10.2. The number of anilines is 1. The highest BCUT2D eigenvalue weighted by atomic mass is 19.1. The van der Waals surface area contributed by atoms with Crippen molar-refractivity contribution in [2.45, 2.75) is 25.7 Å².